The number of phenols is 1. The second-order valence-corrected chi connectivity index (χ2v) is 4.70. The highest BCUT2D eigenvalue weighted by Gasteiger charge is 2.14. The number of hydrogen-bond donors (Lipinski definition) is 2. The Labute approximate surface area is 124 Å². The molecule has 6 heteroatoms. The number of phenolic OH excluding ortho intramolecular Hbond substituents is 1. The van der Waals surface area contributed by atoms with Crippen LogP contribution >= 0.6 is 0 Å². The van der Waals surface area contributed by atoms with E-state index in [0.717, 1.165) is 18.8 Å². The Morgan fingerprint density at radius 1 is 1.33 bits per heavy atom. The van der Waals surface area contributed by atoms with Gasteiger partial charge >= 0.3 is 0 Å². The molecule has 2 aromatic rings. The van der Waals surface area contributed by atoms with Gasteiger partial charge in [0.1, 0.15) is 5.75 Å². The SMILES string of the molecule is CCN(CC)c1ccc(C(=O)Nc2ccn(C)n2)c(O)c1. The van der Waals surface area contributed by atoms with Gasteiger partial charge in [-0.3, -0.25) is 9.48 Å². The molecule has 0 unspecified atom stereocenters. The van der Waals surface area contributed by atoms with Gasteiger partial charge in [0.05, 0.1) is 5.56 Å². The summed E-state index contributed by atoms with van der Waals surface area (Å²) in [6.45, 7) is 5.77. The van der Waals surface area contributed by atoms with Crippen molar-refractivity contribution in [2.45, 2.75) is 13.8 Å². The van der Waals surface area contributed by atoms with Gasteiger partial charge in [0.2, 0.25) is 0 Å². The molecular formula is C15H20N4O2. The van der Waals surface area contributed by atoms with Crippen molar-refractivity contribution in [3.05, 3.63) is 36.0 Å². The number of anilines is 2. The number of aromatic hydroxyl groups is 1. The molecule has 0 saturated heterocycles. The number of carbonyl (C=O) groups is 1. The van der Waals surface area contributed by atoms with Crippen LogP contribution in [0.1, 0.15) is 24.2 Å². The fraction of sp³-hybridized carbons (Fsp3) is 0.333. The van der Waals surface area contributed by atoms with Crippen LogP contribution in [0, 0.1) is 0 Å². The first-order valence-corrected chi connectivity index (χ1v) is 6.94. The lowest BCUT2D eigenvalue weighted by molar-refractivity contribution is 0.102. The number of hydrogen-bond acceptors (Lipinski definition) is 4. The van der Waals surface area contributed by atoms with Gasteiger partial charge in [-0.2, -0.15) is 5.10 Å². The van der Waals surface area contributed by atoms with Crippen LogP contribution in [0.2, 0.25) is 0 Å². The van der Waals surface area contributed by atoms with Gasteiger partial charge in [-0.05, 0) is 26.0 Å². The second kappa shape index (κ2) is 6.30. The van der Waals surface area contributed by atoms with Crippen LogP contribution < -0.4 is 10.2 Å². The first kappa shape index (κ1) is 14.9. The van der Waals surface area contributed by atoms with E-state index < -0.39 is 0 Å². The highest BCUT2D eigenvalue weighted by atomic mass is 16.3. The smallest absolute Gasteiger partial charge is 0.260 e. The van der Waals surface area contributed by atoms with E-state index in [0.29, 0.717) is 5.82 Å². The lowest BCUT2D eigenvalue weighted by atomic mass is 10.1. The summed E-state index contributed by atoms with van der Waals surface area (Å²) in [5, 5.41) is 16.8. The maximum atomic E-state index is 12.1. The number of nitrogens with one attached hydrogen (secondary N) is 1. The van der Waals surface area contributed by atoms with Crippen molar-refractivity contribution in [2.75, 3.05) is 23.3 Å². The lowest BCUT2D eigenvalue weighted by Gasteiger charge is -2.21. The summed E-state index contributed by atoms with van der Waals surface area (Å²) >= 11 is 0. The molecule has 0 saturated carbocycles. The van der Waals surface area contributed by atoms with E-state index in [-0.39, 0.29) is 17.2 Å². The number of amides is 1. The van der Waals surface area contributed by atoms with Crippen molar-refractivity contribution in [1.29, 1.82) is 0 Å². The number of aromatic nitrogens is 2. The Morgan fingerprint density at radius 3 is 2.57 bits per heavy atom. The Morgan fingerprint density at radius 2 is 2.05 bits per heavy atom. The molecule has 2 rings (SSSR count). The molecule has 0 fully saturated rings. The Balaban J connectivity index is 2.18. The summed E-state index contributed by atoms with van der Waals surface area (Å²) < 4.78 is 1.60. The largest absolute Gasteiger partial charge is 0.507 e. The third kappa shape index (κ3) is 3.34. The molecule has 0 radical (unpaired) electrons. The molecule has 112 valence electrons. The quantitative estimate of drug-likeness (QED) is 0.885. The minimum atomic E-state index is -0.378. The summed E-state index contributed by atoms with van der Waals surface area (Å²) in [4.78, 5) is 14.2. The van der Waals surface area contributed by atoms with Gasteiger partial charge < -0.3 is 15.3 Å². The zero-order chi connectivity index (χ0) is 15.4. The van der Waals surface area contributed by atoms with Gasteiger partial charge in [0.15, 0.2) is 5.82 Å². The Kier molecular flexibility index (Phi) is 4.47. The fourth-order valence-corrected chi connectivity index (χ4v) is 2.16. The summed E-state index contributed by atoms with van der Waals surface area (Å²) in [5.74, 6) is 0.0415. The molecule has 0 aliphatic rings. The Bertz CT molecular complexity index is 632. The van der Waals surface area contributed by atoms with Crippen LogP contribution in [0.3, 0.4) is 0 Å². The van der Waals surface area contributed by atoms with Crippen molar-refractivity contribution in [2.24, 2.45) is 7.05 Å². The maximum absolute atomic E-state index is 12.1. The van der Waals surface area contributed by atoms with Gasteiger partial charge in [0, 0.05) is 44.2 Å². The second-order valence-electron chi connectivity index (χ2n) is 4.70. The molecule has 0 aliphatic carbocycles. The van der Waals surface area contributed by atoms with Gasteiger partial charge in [0.25, 0.3) is 5.91 Å². The predicted molar refractivity (Wildman–Crippen MR) is 82.8 cm³/mol. The molecule has 1 heterocycles. The number of aryl methyl sites for hydroxylation is 1. The zero-order valence-electron chi connectivity index (χ0n) is 12.5. The number of carbonyl (C=O) groups excluding carboxylic acids is 1. The molecule has 0 aliphatic heterocycles. The van der Waals surface area contributed by atoms with Crippen LogP contribution in [0.15, 0.2) is 30.5 Å². The van der Waals surface area contributed by atoms with Crippen molar-refractivity contribution < 1.29 is 9.90 Å². The van der Waals surface area contributed by atoms with Crippen molar-refractivity contribution >= 4 is 17.4 Å². The standard InChI is InChI=1S/C15H20N4O2/c1-4-19(5-2)11-6-7-12(13(20)10-11)15(21)16-14-8-9-18(3)17-14/h6-10,20H,4-5H2,1-3H3,(H,16,17,21). The molecule has 6 nitrogen and oxygen atoms in total. The molecule has 21 heavy (non-hydrogen) atoms. The highest BCUT2D eigenvalue weighted by molar-refractivity contribution is 6.05. The van der Waals surface area contributed by atoms with E-state index in [1.54, 1.807) is 36.1 Å². The van der Waals surface area contributed by atoms with Crippen molar-refractivity contribution in [3.63, 3.8) is 0 Å². The van der Waals surface area contributed by atoms with E-state index in [9.17, 15) is 9.90 Å². The summed E-state index contributed by atoms with van der Waals surface area (Å²) in [7, 11) is 1.77. The fourth-order valence-electron chi connectivity index (χ4n) is 2.16. The highest BCUT2D eigenvalue weighted by Crippen LogP contribution is 2.25. The monoisotopic (exact) mass is 288 g/mol. The van der Waals surface area contributed by atoms with Crippen LogP contribution in [0.5, 0.6) is 5.75 Å². The molecule has 1 amide bonds. The molecule has 2 N–H and O–H groups in total. The van der Waals surface area contributed by atoms with Gasteiger partial charge in [-0.15, -0.1) is 0 Å². The van der Waals surface area contributed by atoms with Crippen LogP contribution in [0.4, 0.5) is 11.5 Å². The average molecular weight is 288 g/mol. The third-order valence-electron chi connectivity index (χ3n) is 3.31. The summed E-state index contributed by atoms with van der Waals surface area (Å²) in [6.07, 6.45) is 1.74. The van der Waals surface area contributed by atoms with Crippen LogP contribution in [0.25, 0.3) is 0 Å². The van der Waals surface area contributed by atoms with E-state index in [1.807, 2.05) is 19.9 Å². The molecule has 0 atom stereocenters. The lowest BCUT2D eigenvalue weighted by Crippen LogP contribution is -2.22. The normalized spacial score (nSPS) is 10.4. The molecule has 1 aromatic carbocycles. The molecule has 0 bridgehead atoms. The molecular weight excluding hydrogens is 268 g/mol. The number of benzene rings is 1. The first-order valence-electron chi connectivity index (χ1n) is 6.94. The topological polar surface area (TPSA) is 70.4 Å². The molecule has 0 spiro atoms. The van der Waals surface area contributed by atoms with Crippen molar-refractivity contribution in [1.82, 2.24) is 9.78 Å². The number of rotatable bonds is 5. The zero-order valence-corrected chi connectivity index (χ0v) is 12.5. The first-order chi connectivity index (χ1) is 10.0. The summed E-state index contributed by atoms with van der Waals surface area (Å²) in [6, 6.07) is 6.76. The van der Waals surface area contributed by atoms with E-state index in [4.69, 9.17) is 0 Å². The van der Waals surface area contributed by atoms with Crippen molar-refractivity contribution in [3.8, 4) is 5.75 Å². The van der Waals surface area contributed by atoms with Crippen LogP contribution in [-0.2, 0) is 7.05 Å². The van der Waals surface area contributed by atoms with E-state index in [2.05, 4.69) is 15.3 Å². The van der Waals surface area contributed by atoms with Gasteiger partial charge in [-0.1, -0.05) is 0 Å². The average Bonchev–Trinajstić information content (AvgIpc) is 2.85. The predicted octanol–water partition coefficient (Wildman–Crippen LogP) is 2.22. The Hall–Kier alpha value is -2.50. The van der Waals surface area contributed by atoms with E-state index >= 15 is 0 Å². The number of nitrogens with zero attached hydrogens (tertiary/aromatic N) is 3. The molecule has 1 aromatic heterocycles. The maximum Gasteiger partial charge on any atom is 0.260 e. The van der Waals surface area contributed by atoms with E-state index in [1.165, 1.54) is 0 Å². The van der Waals surface area contributed by atoms with Gasteiger partial charge in [-0.25, -0.2) is 0 Å². The minimum Gasteiger partial charge on any atom is -0.507 e. The summed E-state index contributed by atoms with van der Waals surface area (Å²) in [5.41, 5.74) is 1.13. The minimum absolute atomic E-state index is 0.0344. The third-order valence-corrected chi connectivity index (χ3v) is 3.31. The van der Waals surface area contributed by atoms with Crippen LogP contribution in [-0.4, -0.2) is 33.9 Å².